The Hall–Kier alpha value is -2.98. The molecular formula is C22H22FN2O+. The molecule has 0 aliphatic heterocycles. The van der Waals surface area contributed by atoms with Gasteiger partial charge in [-0.25, -0.2) is 4.39 Å². The molecule has 132 valence electrons. The quantitative estimate of drug-likeness (QED) is 0.704. The largest absolute Gasteiger partial charge is 0.321 e. The van der Waals surface area contributed by atoms with E-state index in [-0.39, 0.29) is 17.8 Å². The zero-order valence-corrected chi connectivity index (χ0v) is 14.7. The van der Waals surface area contributed by atoms with Crippen LogP contribution in [0.1, 0.15) is 17.2 Å². The molecule has 1 unspecified atom stereocenters. The molecule has 2 N–H and O–H groups in total. The van der Waals surface area contributed by atoms with Gasteiger partial charge >= 0.3 is 0 Å². The summed E-state index contributed by atoms with van der Waals surface area (Å²) in [6.45, 7) is 0.719. The van der Waals surface area contributed by atoms with Gasteiger partial charge in [0, 0.05) is 16.8 Å². The second-order valence-corrected chi connectivity index (χ2v) is 6.35. The predicted molar refractivity (Wildman–Crippen MR) is 101 cm³/mol. The topological polar surface area (TPSA) is 33.5 Å². The van der Waals surface area contributed by atoms with E-state index >= 15 is 0 Å². The minimum absolute atomic E-state index is 0.115. The third kappa shape index (κ3) is 4.55. The molecule has 0 bridgehead atoms. The van der Waals surface area contributed by atoms with Crippen molar-refractivity contribution in [3.63, 3.8) is 0 Å². The number of nitrogens with one attached hydrogen (secondary N) is 2. The minimum atomic E-state index is -0.374. The number of hydrogen-bond acceptors (Lipinski definition) is 1. The Bertz CT molecular complexity index is 835. The number of carbonyl (C=O) groups is 1. The molecule has 0 fully saturated rings. The van der Waals surface area contributed by atoms with Crippen molar-refractivity contribution in [2.24, 2.45) is 0 Å². The first-order valence-electron chi connectivity index (χ1n) is 8.61. The number of hydrogen-bond donors (Lipinski definition) is 2. The molecule has 0 radical (unpaired) electrons. The summed E-state index contributed by atoms with van der Waals surface area (Å²) in [5, 5.41) is 2.91. The van der Waals surface area contributed by atoms with Crippen LogP contribution >= 0.6 is 0 Å². The van der Waals surface area contributed by atoms with Crippen molar-refractivity contribution in [2.45, 2.75) is 12.6 Å². The summed E-state index contributed by atoms with van der Waals surface area (Å²) >= 11 is 0. The Morgan fingerprint density at radius 1 is 0.923 bits per heavy atom. The number of likely N-dealkylation sites (N-methyl/N-ethyl adjacent to an activating group) is 1. The molecule has 0 aliphatic carbocycles. The van der Waals surface area contributed by atoms with Crippen molar-refractivity contribution in [1.29, 1.82) is 0 Å². The summed E-state index contributed by atoms with van der Waals surface area (Å²) in [5.74, 6) is -0.439. The normalized spacial score (nSPS) is 13.0. The molecule has 0 aromatic heterocycles. The predicted octanol–water partition coefficient (Wildman–Crippen LogP) is 3.22. The Morgan fingerprint density at radius 2 is 1.50 bits per heavy atom. The van der Waals surface area contributed by atoms with E-state index < -0.39 is 0 Å². The van der Waals surface area contributed by atoms with E-state index in [1.165, 1.54) is 17.7 Å². The van der Waals surface area contributed by atoms with Gasteiger partial charge in [-0.05, 0) is 24.3 Å². The van der Waals surface area contributed by atoms with Crippen LogP contribution in [0.4, 0.5) is 10.1 Å². The number of anilines is 1. The zero-order valence-electron chi connectivity index (χ0n) is 14.7. The number of benzene rings is 3. The molecule has 2 atom stereocenters. The standard InChI is InChI=1S/C22H21FN2O/c1-25(16-17-8-4-2-5-9-17)21(18-10-6-3-7-11-18)22(26)24-20-14-12-19(23)13-15-20/h2-15,21H,16H2,1H3,(H,24,26)/p+1/t21-/m1/s1. The van der Waals surface area contributed by atoms with E-state index in [0.29, 0.717) is 5.69 Å². The lowest BCUT2D eigenvalue weighted by Gasteiger charge is -2.25. The van der Waals surface area contributed by atoms with Crippen LogP contribution in [0.3, 0.4) is 0 Å². The first kappa shape index (κ1) is 17.8. The maximum Gasteiger partial charge on any atom is 0.287 e. The van der Waals surface area contributed by atoms with Gasteiger partial charge in [0.1, 0.15) is 12.4 Å². The summed E-state index contributed by atoms with van der Waals surface area (Å²) < 4.78 is 13.1. The van der Waals surface area contributed by atoms with Crippen molar-refractivity contribution in [2.75, 3.05) is 12.4 Å². The molecule has 26 heavy (non-hydrogen) atoms. The first-order valence-corrected chi connectivity index (χ1v) is 8.61. The summed E-state index contributed by atoms with van der Waals surface area (Å²) in [6, 6.07) is 25.3. The highest BCUT2D eigenvalue weighted by atomic mass is 19.1. The number of halogens is 1. The molecular weight excluding hydrogens is 327 g/mol. The molecule has 1 amide bonds. The van der Waals surface area contributed by atoms with E-state index in [1.807, 2.05) is 55.6 Å². The van der Waals surface area contributed by atoms with Crippen molar-refractivity contribution >= 4 is 11.6 Å². The van der Waals surface area contributed by atoms with Gasteiger partial charge in [0.25, 0.3) is 5.91 Å². The highest BCUT2D eigenvalue weighted by molar-refractivity contribution is 5.94. The fourth-order valence-electron chi connectivity index (χ4n) is 3.07. The molecule has 3 aromatic rings. The maximum atomic E-state index is 13.1. The van der Waals surface area contributed by atoms with Crippen LogP contribution in [-0.2, 0) is 11.3 Å². The summed E-state index contributed by atoms with van der Waals surface area (Å²) in [6.07, 6.45) is 0. The van der Waals surface area contributed by atoms with Crippen molar-refractivity contribution in [3.8, 4) is 0 Å². The first-order chi connectivity index (χ1) is 12.6. The number of carbonyl (C=O) groups excluding carboxylic acids is 1. The molecule has 0 saturated heterocycles. The number of quaternary nitrogens is 1. The zero-order chi connectivity index (χ0) is 18.4. The second kappa shape index (κ2) is 8.41. The van der Waals surface area contributed by atoms with Gasteiger partial charge in [0.05, 0.1) is 7.05 Å². The average molecular weight is 349 g/mol. The van der Waals surface area contributed by atoms with Crippen LogP contribution in [0.15, 0.2) is 84.9 Å². The summed E-state index contributed by atoms with van der Waals surface area (Å²) in [4.78, 5) is 14.1. The number of amides is 1. The van der Waals surface area contributed by atoms with Gasteiger partial charge in [0.15, 0.2) is 6.04 Å². The van der Waals surface area contributed by atoms with E-state index in [9.17, 15) is 9.18 Å². The van der Waals surface area contributed by atoms with Gasteiger partial charge in [-0.15, -0.1) is 0 Å². The monoisotopic (exact) mass is 349 g/mol. The van der Waals surface area contributed by atoms with Gasteiger partial charge in [-0.2, -0.15) is 0 Å². The summed E-state index contributed by atoms with van der Waals surface area (Å²) in [7, 11) is 2.01. The Balaban J connectivity index is 1.83. The lowest BCUT2D eigenvalue weighted by atomic mass is 10.0. The molecule has 0 spiro atoms. The van der Waals surface area contributed by atoms with Gasteiger partial charge < -0.3 is 10.2 Å². The van der Waals surface area contributed by atoms with Crippen LogP contribution in [-0.4, -0.2) is 13.0 Å². The van der Waals surface area contributed by atoms with Crippen molar-refractivity contribution in [3.05, 3.63) is 102 Å². The molecule has 3 rings (SSSR count). The maximum absolute atomic E-state index is 13.1. The van der Waals surface area contributed by atoms with Crippen LogP contribution in [0.25, 0.3) is 0 Å². The van der Waals surface area contributed by atoms with Crippen LogP contribution < -0.4 is 10.2 Å². The Kier molecular flexibility index (Phi) is 5.77. The molecule has 4 heteroatoms. The second-order valence-electron chi connectivity index (χ2n) is 6.35. The van der Waals surface area contributed by atoms with E-state index in [0.717, 1.165) is 17.0 Å². The van der Waals surface area contributed by atoms with Gasteiger partial charge in [0.2, 0.25) is 0 Å². The highest BCUT2D eigenvalue weighted by Crippen LogP contribution is 2.15. The fourth-order valence-corrected chi connectivity index (χ4v) is 3.07. The molecule has 0 aliphatic rings. The molecule has 0 saturated carbocycles. The van der Waals surface area contributed by atoms with Gasteiger partial charge in [-0.3, -0.25) is 4.79 Å². The number of rotatable bonds is 6. The third-order valence-corrected chi connectivity index (χ3v) is 4.33. The Labute approximate surface area is 153 Å². The van der Waals surface area contributed by atoms with Crippen LogP contribution in [0.5, 0.6) is 0 Å². The van der Waals surface area contributed by atoms with Crippen LogP contribution in [0, 0.1) is 5.82 Å². The van der Waals surface area contributed by atoms with Crippen LogP contribution in [0.2, 0.25) is 0 Å². The SMILES string of the molecule is C[NH+](Cc1ccccc1)[C@@H](C(=O)Nc1ccc(F)cc1)c1ccccc1. The van der Waals surface area contributed by atoms with Crippen molar-refractivity contribution < 1.29 is 14.1 Å². The smallest absolute Gasteiger partial charge is 0.287 e. The summed E-state index contributed by atoms with van der Waals surface area (Å²) in [5.41, 5.74) is 2.70. The average Bonchev–Trinajstić information content (AvgIpc) is 2.65. The molecule has 3 aromatic carbocycles. The van der Waals surface area contributed by atoms with E-state index in [4.69, 9.17) is 0 Å². The molecule has 3 nitrogen and oxygen atoms in total. The van der Waals surface area contributed by atoms with E-state index in [1.54, 1.807) is 12.1 Å². The van der Waals surface area contributed by atoms with E-state index in [2.05, 4.69) is 17.4 Å². The van der Waals surface area contributed by atoms with Gasteiger partial charge in [-0.1, -0.05) is 60.7 Å². The highest BCUT2D eigenvalue weighted by Gasteiger charge is 2.29. The molecule has 0 heterocycles. The lowest BCUT2D eigenvalue weighted by Crippen LogP contribution is -3.09. The van der Waals surface area contributed by atoms with Crippen molar-refractivity contribution in [1.82, 2.24) is 0 Å². The minimum Gasteiger partial charge on any atom is -0.321 e. The lowest BCUT2D eigenvalue weighted by molar-refractivity contribution is -0.915. The Morgan fingerprint density at radius 3 is 2.12 bits per heavy atom. The third-order valence-electron chi connectivity index (χ3n) is 4.33. The fraction of sp³-hybridized carbons (Fsp3) is 0.136.